The monoisotopic (exact) mass is 318 g/mol. The largest absolute Gasteiger partial charge is 0.392 e. The lowest BCUT2D eigenvalue weighted by Gasteiger charge is -2.60. The second-order valence-electron chi connectivity index (χ2n) is 9.06. The van der Waals surface area contributed by atoms with Crippen LogP contribution in [0.3, 0.4) is 0 Å². The van der Waals surface area contributed by atoms with Crippen molar-refractivity contribution >= 4 is 5.78 Å². The Morgan fingerprint density at radius 2 is 1.91 bits per heavy atom. The minimum absolute atomic E-state index is 0.0402. The first kappa shape index (κ1) is 16.9. The van der Waals surface area contributed by atoms with Crippen molar-refractivity contribution in [1.82, 2.24) is 0 Å². The highest BCUT2D eigenvalue weighted by Crippen LogP contribution is 2.63. The summed E-state index contributed by atoms with van der Waals surface area (Å²) in [7, 11) is 0. The van der Waals surface area contributed by atoms with E-state index in [9.17, 15) is 15.0 Å². The predicted octanol–water partition coefficient (Wildman–Crippen LogP) is 3.26. The van der Waals surface area contributed by atoms with E-state index in [0.29, 0.717) is 18.8 Å². The van der Waals surface area contributed by atoms with E-state index in [-0.39, 0.29) is 22.5 Å². The quantitative estimate of drug-likeness (QED) is 0.730. The molecule has 0 bridgehead atoms. The van der Waals surface area contributed by atoms with Crippen LogP contribution >= 0.6 is 0 Å². The molecule has 3 heteroatoms. The molecule has 3 rings (SSSR count). The molecule has 0 spiro atoms. The number of aliphatic hydroxyl groups excluding tert-OH is 2. The normalized spacial score (nSPS) is 49.0. The van der Waals surface area contributed by atoms with E-state index in [4.69, 9.17) is 0 Å². The van der Waals surface area contributed by atoms with Gasteiger partial charge in [0.05, 0.1) is 6.10 Å². The highest BCUT2D eigenvalue weighted by atomic mass is 16.3. The van der Waals surface area contributed by atoms with E-state index in [1.165, 1.54) is 5.57 Å². The number of Topliss-reactive ketones (excluding diaryl/α,β-unsaturated/α-hetero) is 1. The van der Waals surface area contributed by atoms with Crippen molar-refractivity contribution in [2.75, 3.05) is 0 Å². The maximum absolute atomic E-state index is 12.5. The molecule has 0 aromatic rings. The summed E-state index contributed by atoms with van der Waals surface area (Å²) < 4.78 is 0. The van der Waals surface area contributed by atoms with Crippen LogP contribution in [-0.4, -0.2) is 28.2 Å². The van der Waals surface area contributed by atoms with Crippen molar-refractivity contribution < 1.29 is 15.0 Å². The van der Waals surface area contributed by atoms with Gasteiger partial charge in [-0.3, -0.25) is 4.79 Å². The topological polar surface area (TPSA) is 57.5 Å². The maximum Gasteiger partial charge on any atom is 0.162 e. The maximum atomic E-state index is 12.5. The van der Waals surface area contributed by atoms with Crippen LogP contribution in [0.4, 0.5) is 0 Å². The molecule has 3 nitrogen and oxygen atoms in total. The van der Waals surface area contributed by atoms with E-state index in [1.54, 1.807) is 0 Å². The van der Waals surface area contributed by atoms with E-state index in [0.717, 1.165) is 12.8 Å². The highest BCUT2D eigenvalue weighted by Gasteiger charge is 2.60. The number of hydrogen-bond acceptors (Lipinski definition) is 3. The van der Waals surface area contributed by atoms with Crippen LogP contribution in [0.5, 0.6) is 0 Å². The molecule has 2 unspecified atom stereocenters. The standard InChI is InChI=1S/C20H30O3/c1-6-19(4)10-12-7-8-15-18(2,3)17(23)14(21)11-20(15,5)13(12)9-16(19)22/h6,10,13,15-17,22-23H,1,7-9,11H2,2-5H3/t13-,15-,16?,17?,19+,20-/m0/s1. The Hall–Kier alpha value is -0.930. The Balaban J connectivity index is 2.05. The van der Waals surface area contributed by atoms with Gasteiger partial charge >= 0.3 is 0 Å². The lowest BCUT2D eigenvalue weighted by molar-refractivity contribution is -0.164. The molecule has 0 saturated heterocycles. The van der Waals surface area contributed by atoms with Crippen LogP contribution in [0.25, 0.3) is 0 Å². The van der Waals surface area contributed by atoms with Crippen molar-refractivity contribution in [3.63, 3.8) is 0 Å². The first-order chi connectivity index (χ1) is 10.6. The SMILES string of the molecule is C=C[C@]1(C)C=C2CC[C@H]3C(C)(C)C(O)C(=O)C[C@@]3(C)[C@H]2CC1O. The summed E-state index contributed by atoms with van der Waals surface area (Å²) in [5.41, 5.74) is 0.423. The molecule has 0 radical (unpaired) electrons. The summed E-state index contributed by atoms with van der Waals surface area (Å²) in [6, 6.07) is 0. The second kappa shape index (κ2) is 5.03. The summed E-state index contributed by atoms with van der Waals surface area (Å²) in [4.78, 5) is 12.5. The lowest BCUT2D eigenvalue weighted by atomic mass is 9.44. The Labute approximate surface area is 139 Å². The number of rotatable bonds is 1. The van der Waals surface area contributed by atoms with Gasteiger partial charge in [-0.25, -0.2) is 0 Å². The van der Waals surface area contributed by atoms with Gasteiger partial charge in [0, 0.05) is 17.3 Å². The minimum atomic E-state index is -0.863. The van der Waals surface area contributed by atoms with Gasteiger partial charge < -0.3 is 10.2 Å². The third-order valence-electron chi connectivity index (χ3n) is 7.34. The molecule has 2 N–H and O–H groups in total. The smallest absolute Gasteiger partial charge is 0.162 e. The lowest BCUT2D eigenvalue weighted by Crippen LogP contribution is -2.59. The minimum Gasteiger partial charge on any atom is -0.392 e. The van der Waals surface area contributed by atoms with Crippen molar-refractivity contribution in [1.29, 1.82) is 0 Å². The highest BCUT2D eigenvalue weighted by molar-refractivity contribution is 5.85. The van der Waals surface area contributed by atoms with Crippen LogP contribution in [0.1, 0.15) is 53.4 Å². The third-order valence-corrected chi connectivity index (χ3v) is 7.34. The molecule has 0 aliphatic heterocycles. The zero-order valence-electron chi connectivity index (χ0n) is 14.8. The number of fused-ring (bicyclic) bond motifs is 3. The Kier molecular flexibility index (Phi) is 3.70. The van der Waals surface area contributed by atoms with Crippen molar-refractivity contribution in [3.05, 3.63) is 24.3 Å². The number of allylic oxidation sites excluding steroid dienone is 1. The molecule has 0 aromatic heterocycles. The third kappa shape index (κ3) is 2.20. The van der Waals surface area contributed by atoms with Crippen LogP contribution in [-0.2, 0) is 4.79 Å². The van der Waals surface area contributed by atoms with Crippen LogP contribution < -0.4 is 0 Å². The molecule has 3 aliphatic carbocycles. The zero-order valence-corrected chi connectivity index (χ0v) is 14.8. The number of carbonyl (C=O) groups excluding carboxylic acids is 1. The molecule has 6 atom stereocenters. The molecular weight excluding hydrogens is 288 g/mol. The molecule has 0 heterocycles. The molecular formula is C20H30O3. The first-order valence-electron chi connectivity index (χ1n) is 8.80. The first-order valence-corrected chi connectivity index (χ1v) is 8.80. The summed E-state index contributed by atoms with van der Waals surface area (Å²) >= 11 is 0. The summed E-state index contributed by atoms with van der Waals surface area (Å²) in [6.07, 6.45) is 5.80. The zero-order chi connectivity index (χ0) is 17.2. The Morgan fingerprint density at radius 3 is 2.52 bits per heavy atom. The van der Waals surface area contributed by atoms with Crippen LogP contribution in [0.15, 0.2) is 24.3 Å². The molecule has 0 aromatic carbocycles. The van der Waals surface area contributed by atoms with Gasteiger partial charge in [0.25, 0.3) is 0 Å². The number of hydrogen-bond donors (Lipinski definition) is 2. The fourth-order valence-electron chi connectivity index (χ4n) is 5.79. The summed E-state index contributed by atoms with van der Waals surface area (Å²) in [5, 5.41) is 21.1. The Morgan fingerprint density at radius 1 is 1.26 bits per heavy atom. The van der Waals surface area contributed by atoms with E-state index >= 15 is 0 Å². The van der Waals surface area contributed by atoms with Crippen molar-refractivity contribution in [2.45, 2.75) is 65.6 Å². The van der Waals surface area contributed by atoms with Gasteiger partial charge in [0.1, 0.15) is 6.10 Å². The molecule has 0 amide bonds. The summed E-state index contributed by atoms with van der Waals surface area (Å²) in [5.74, 6) is 0.478. The van der Waals surface area contributed by atoms with Crippen molar-refractivity contribution in [3.8, 4) is 0 Å². The average molecular weight is 318 g/mol. The number of carbonyl (C=O) groups is 1. The molecule has 2 fully saturated rings. The van der Waals surface area contributed by atoms with Crippen LogP contribution in [0, 0.1) is 28.1 Å². The van der Waals surface area contributed by atoms with Gasteiger partial charge in [-0.2, -0.15) is 0 Å². The van der Waals surface area contributed by atoms with E-state index in [2.05, 4.69) is 19.6 Å². The Bertz CT molecular complexity index is 575. The van der Waals surface area contributed by atoms with E-state index < -0.39 is 17.6 Å². The van der Waals surface area contributed by atoms with Crippen LogP contribution in [0.2, 0.25) is 0 Å². The fraction of sp³-hybridized carbons (Fsp3) is 0.750. The number of aliphatic hydroxyl groups is 2. The molecule has 2 saturated carbocycles. The second-order valence-corrected chi connectivity index (χ2v) is 9.06. The summed E-state index contributed by atoms with van der Waals surface area (Å²) in [6.45, 7) is 12.2. The van der Waals surface area contributed by atoms with Crippen molar-refractivity contribution in [2.24, 2.45) is 28.1 Å². The fourth-order valence-corrected chi connectivity index (χ4v) is 5.79. The molecule has 3 aliphatic rings. The predicted molar refractivity (Wildman–Crippen MR) is 90.7 cm³/mol. The molecule has 23 heavy (non-hydrogen) atoms. The van der Waals surface area contributed by atoms with Gasteiger partial charge in [0.15, 0.2) is 5.78 Å². The van der Waals surface area contributed by atoms with Gasteiger partial charge in [-0.15, -0.1) is 6.58 Å². The average Bonchev–Trinajstić information content (AvgIpc) is 2.47. The van der Waals surface area contributed by atoms with Gasteiger partial charge in [-0.1, -0.05) is 45.4 Å². The number of ketones is 1. The van der Waals surface area contributed by atoms with E-state index in [1.807, 2.05) is 26.8 Å². The molecule has 128 valence electrons. The van der Waals surface area contributed by atoms with Gasteiger partial charge in [0.2, 0.25) is 0 Å². The van der Waals surface area contributed by atoms with Gasteiger partial charge in [-0.05, 0) is 36.5 Å².